The first-order valence-electron chi connectivity index (χ1n) is 5.25. The first-order valence-corrected chi connectivity index (χ1v) is 5.66. The molecule has 100 valence electrons. The molecular formula is C11H13F3N2OS. The summed E-state index contributed by atoms with van der Waals surface area (Å²) >= 11 is 4.73. The van der Waals surface area contributed by atoms with E-state index in [0.29, 0.717) is 18.0 Å². The van der Waals surface area contributed by atoms with Crippen molar-refractivity contribution in [3.05, 3.63) is 24.3 Å². The van der Waals surface area contributed by atoms with E-state index in [1.165, 1.54) is 0 Å². The van der Waals surface area contributed by atoms with Gasteiger partial charge in [0, 0.05) is 5.69 Å². The molecule has 0 bridgehead atoms. The zero-order chi connectivity index (χ0) is 13.6. The first kappa shape index (κ1) is 14.6. The molecule has 0 aliphatic rings. The zero-order valence-electron chi connectivity index (χ0n) is 9.67. The maximum Gasteiger partial charge on any atom is 0.405 e. The molecule has 0 unspecified atom stereocenters. The number of hydrogen-bond acceptors (Lipinski definition) is 2. The zero-order valence-corrected chi connectivity index (χ0v) is 10.5. The van der Waals surface area contributed by atoms with Gasteiger partial charge in [0.1, 0.15) is 12.3 Å². The van der Waals surface area contributed by atoms with E-state index in [1.807, 2.05) is 6.92 Å². The van der Waals surface area contributed by atoms with E-state index < -0.39 is 12.7 Å². The van der Waals surface area contributed by atoms with E-state index in [0.717, 1.165) is 0 Å². The number of alkyl halides is 3. The van der Waals surface area contributed by atoms with Gasteiger partial charge in [-0.2, -0.15) is 13.2 Å². The highest BCUT2D eigenvalue weighted by Crippen LogP contribution is 2.16. The standard InChI is InChI=1S/C11H13F3N2OS/c1-2-17-9-5-3-8(4-6-9)16-10(18)15-7-11(12,13)14/h3-6H,2,7H2,1H3,(H2,15,16,18). The van der Waals surface area contributed by atoms with Crippen molar-refractivity contribution in [3.8, 4) is 5.75 Å². The summed E-state index contributed by atoms with van der Waals surface area (Å²) < 4.78 is 41.0. The Morgan fingerprint density at radius 3 is 2.39 bits per heavy atom. The van der Waals surface area contributed by atoms with E-state index in [9.17, 15) is 13.2 Å². The quantitative estimate of drug-likeness (QED) is 0.830. The van der Waals surface area contributed by atoms with Crippen LogP contribution in [-0.2, 0) is 0 Å². The van der Waals surface area contributed by atoms with Crippen LogP contribution >= 0.6 is 12.2 Å². The molecule has 1 rings (SSSR count). The van der Waals surface area contributed by atoms with E-state index in [-0.39, 0.29) is 5.11 Å². The smallest absolute Gasteiger partial charge is 0.405 e. The Labute approximate surface area is 108 Å². The van der Waals surface area contributed by atoms with Gasteiger partial charge in [0.2, 0.25) is 0 Å². The van der Waals surface area contributed by atoms with Crippen molar-refractivity contribution in [3.63, 3.8) is 0 Å². The number of ether oxygens (including phenoxy) is 1. The monoisotopic (exact) mass is 278 g/mol. The molecule has 7 heteroatoms. The molecule has 1 aromatic carbocycles. The predicted octanol–water partition coefficient (Wildman–Crippen LogP) is 2.93. The van der Waals surface area contributed by atoms with Gasteiger partial charge in [0.25, 0.3) is 0 Å². The summed E-state index contributed by atoms with van der Waals surface area (Å²) in [5.74, 6) is 0.692. The summed E-state index contributed by atoms with van der Waals surface area (Å²) in [5, 5.41) is 4.65. The Bertz CT molecular complexity index is 392. The fourth-order valence-corrected chi connectivity index (χ4v) is 1.35. The maximum absolute atomic E-state index is 11.9. The van der Waals surface area contributed by atoms with Gasteiger partial charge in [-0.25, -0.2) is 0 Å². The SMILES string of the molecule is CCOc1ccc(NC(=S)NCC(F)(F)F)cc1. The molecule has 0 spiro atoms. The van der Waals surface area contributed by atoms with Crippen molar-refractivity contribution in [1.82, 2.24) is 5.32 Å². The van der Waals surface area contributed by atoms with Crippen LogP contribution in [0.4, 0.5) is 18.9 Å². The fraction of sp³-hybridized carbons (Fsp3) is 0.364. The van der Waals surface area contributed by atoms with E-state index in [2.05, 4.69) is 10.6 Å². The van der Waals surface area contributed by atoms with Crippen molar-refractivity contribution < 1.29 is 17.9 Å². The van der Waals surface area contributed by atoms with Crippen LogP contribution in [-0.4, -0.2) is 24.4 Å². The topological polar surface area (TPSA) is 33.3 Å². The highest BCUT2D eigenvalue weighted by molar-refractivity contribution is 7.80. The number of hydrogen-bond donors (Lipinski definition) is 2. The summed E-state index contributed by atoms with van der Waals surface area (Å²) in [6, 6.07) is 6.76. The molecule has 1 aromatic rings. The van der Waals surface area contributed by atoms with Gasteiger partial charge in [-0.1, -0.05) is 0 Å². The Morgan fingerprint density at radius 1 is 1.28 bits per heavy atom. The van der Waals surface area contributed by atoms with Crippen molar-refractivity contribution in [1.29, 1.82) is 0 Å². The molecule has 18 heavy (non-hydrogen) atoms. The van der Waals surface area contributed by atoms with Crippen molar-refractivity contribution in [2.24, 2.45) is 0 Å². The molecule has 0 aromatic heterocycles. The lowest BCUT2D eigenvalue weighted by Gasteiger charge is -2.12. The highest BCUT2D eigenvalue weighted by Gasteiger charge is 2.26. The molecule has 3 nitrogen and oxygen atoms in total. The van der Waals surface area contributed by atoms with Crippen molar-refractivity contribution >= 4 is 23.0 Å². The van der Waals surface area contributed by atoms with E-state index in [1.54, 1.807) is 24.3 Å². The van der Waals surface area contributed by atoms with Crippen LogP contribution in [0, 0.1) is 0 Å². The largest absolute Gasteiger partial charge is 0.494 e. The molecule has 0 aliphatic carbocycles. The lowest BCUT2D eigenvalue weighted by atomic mass is 10.3. The minimum absolute atomic E-state index is 0.0727. The number of nitrogens with one attached hydrogen (secondary N) is 2. The van der Waals surface area contributed by atoms with Crippen LogP contribution in [0.3, 0.4) is 0 Å². The van der Waals surface area contributed by atoms with E-state index >= 15 is 0 Å². The van der Waals surface area contributed by atoms with Gasteiger partial charge in [-0.3, -0.25) is 0 Å². The number of benzene rings is 1. The Kier molecular flexibility index (Phi) is 5.21. The molecular weight excluding hydrogens is 265 g/mol. The molecule has 0 saturated carbocycles. The first-order chi connectivity index (χ1) is 8.40. The third kappa shape index (κ3) is 5.72. The third-order valence-electron chi connectivity index (χ3n) is 1.87. The minimum atomic E-state index is -4.29. The predicted molar refractivity (Wildman–Crippen MR) is 67.9 cm³/mol. The van der Waals surface area contributed by atoms with Crippen LogP contribution < -0.4 is 15.4 Å². The van der Waals surface area contributed by atoms with Gasteiger partial charge in [-0.15, -0.1) is 0 Å². The molecule has 0 amide bonds. The number of rotatable bonds is 4. The van der Waals surface area contributed by atoms with Crippen LogP contribution in [0.1, 0.15) is 6.92 Å². The number of halogens is 3. The third-order valence-corrected chi connectivity index (χ3v) is 2.12. The summed E-state index contributed by atoms with van der Waals surface area (Å²) in [5.41, 5.74) is 0.595. The van der Waals surface area contributed by atoms with Gasteiger partial charge < -0.3 is 15.4 Å². The second kappa shape index (κ2) is 6.44. The van der Waals surface area contributed by atoms with Crippen LogP contribution in [0.15, 0.2) is 24.3 Å². The van der Waals surface area contributed by atoms with Gasteiger partial charge in [0.05, 0.1) is 6.61 Å². The van der Waals surface area contributed by atoms with Gasteiger partial charge in [0.15, 0.2) is 5.11 Å². The molecule has 0 atom stereocenters. The summed E-state index contributed by atoms with van der Waals surface area (Å²) in [7, 11) is 0. The molecule has 0 heterocycles. The number of thiocarbonyl (C=S) groups is 1. The Hall–Kier alpha value is -1.50. The summed E-state index contributed by atoms with van der Waals surface area (Å²) in [4.78, 5) is 0. The lowest BCUT2D eigenvalue weighted by molar-refractivity contribution is -0.121. The lowest BCUT2D eigenvalue weighted by Crippen LogP contribution is -2.36. The second-order valence-electron chi connectivity index (χ2n) is 3.38. The minimum Gasteiger partial charge on any atom is -0.494 e. The molecule has 0 aliphatic heterocycles. The average molecular weight is 278 g/mol. The average Bonchev–Trinajstić information content (AvgIpc) is 2.29. The van der Waals surface area contributed by atoms with E-state index in [4.69, 9.17) is 17.0 Å². The molecule has 0 fully saturated rings. The van der Waals surface area contributed by atoms with Crippen LogP contribution in [0.25, 0.3) is 0 Å². The highest BCUT2D eigenvalue weighted by atomic mass is 32.1. The molecule has 0 saturated heterocycles. The fourth-order valence-electron chi connectivity index (χ4n) is 1.16. The van der Waals surface area contributed by atoms with Crippen LogP contribution in [0.2, 0.25) is 0 Å². The maximum atomic E-state index is 11.9. The second-order valence-corrected chi connectivity index (χ2v) is 3.79. The van der Waals surface area contributed by atoms with Crippen molar-refractivity contribution in [2.45, 2.75) is 13.1 Å². The summed E-state index contributed by atoms with van der Waals surface area (Å²) in [6.45, 7) is 1.26. The normalized spacial score (nSPS) is 10.9. The molecule has 0 radical (unpaired) electrons. The van der Waals surface area contributed by atoms with Crippen LogP contribution in [0.5, 0.6) is 5.75 Å². The van der Waals surface area contributed by atoms with Gasteiger partial charge in [-0.05, 0) is 43.4 Å². The molecule has 2 N–H and O–H groups in total. The number of anilines is 1. The van der Waals surface area contributed by atoms with Gasteiger partial charge >= 0.3 is 6.18 Å². The van der Waals surface area contributed by atoms with Crippen molar-refractivity contribution in [2.75, 3.05) is 18.5 Å². The Morgan fingerprint density at radius 2 is 1.89 bits per heavy atom. The Balaban J connectivity index is 2.44. The summed E-state index contributed by atoms with van der Waals surface area (Å²) in [6.07, 6.45) is -4.29.